The smallest absolute Gasteiger partial charge is 0.0631 e. The third-order valence-electron chi connectivity index (χ3n) is 3.04. The normalized spacial score (nSPS) is 27.9. The standard InChI is InChI=1S/C12H23BrO/c1-4-10(13)6-5-7-11-8-9-12(2,3)14-11/h10-11H,4-9H2,1-3H3. The molecule has 0 aromatic rings. The minimum absolute atomic E-state index is 0.142. The summed E-state index contributed by atoms with van der Waals surface area (Å²) in [6.07, 6.45) is 8.07. The molecule has 0 aromatic carbocycles. The summed E-state index contributed by atoms with van der Waals surface area (Å²) in [4.78, 5) is 0.705. The summed E-state index contributed by atoms with van der Waals surface area (Å²) in [5, 5.41) is 0. The van der Waals surface area contributed by atoms with E-state index >= 15 is 0 Å². The van der Waals surface area contributed by atoms with E-state index in [2.05, 4.69) is 36.7 Å². The van der Waals surface area contributed by atoms with Gasteiger partial charge in [0.05, 0.1) is 11.7 Å². The molecule has 1 saturated heterocycles. The van der Waals surface area contributed by atoms with Crippen molar-refractivity contribution >= 4 is 15.9 Å². The van der Waals surface area contributed by atoms with Crippen molar-refractivity contribution < 1.29 is 4.74 Å². The van der Waals surface area contributed by atoms with Crippen molar-refractivity contribution in [1.82, 2.24) is 0 Å². The second-order valence-electron chi connectivity index (χ2n) is 4.97. The SMILES string of the molecule is CCC(Br)CCCC1CCC(C)(C)O1. The van der Waals surface area contributed by atoms with Crippen LogP contribution in [0.2, 0.25) is 0 Å². The van der Waals surface area contributed by atoms with Crippen LogP contribution in [0.15, 0.2) is 0 Å². The molecular weight excluding hydrogens is 240 g/mol. The van der Waals surface area contributed by atoms with Gasteiger partial charge in [-0.3, -0.25) is 0 Å². The first-order valence-electron chi connectivity index (χ1n) is 5.85. The zero-order valence-corrected chi connectivity index (χ0v) is 11.3. The number of alkyl halides is 1. The van der Waals surface area contributed by atoms with Crippen molar-refractivity contribution in [3.05, 3.63) is 0 Å². The Balaban J connectivity index is 2.09. The van der Waals surface area contributed by atoms with E-state index in [9.17, 15) is 0 Å². The fourth-order valence-corrected chi connectivity index (χ4v) is 2.38. The molecule has 0 aliphatic carbocycles. The van der Waals surface area contributed by atoms with Crippen LogP contribution in [0.3, 0.4) is 0 Å². The van der Waals surface area contributed by atoms with Crippen LogP contribution < -0.4 is 0 Å². The topological polar surface area (TPSA) is 9.23 Å². The summed E-state index contributed by atoms with van der Waals surface area (Å²) in [5.74, 6) is 0. The summed E-state index contributed by atoms with van der Waals surface area (Å²) < 4.78 is 5.95. The van der Waals surface area contributed by atoms with Gasteiger partial charge < -0.3 is 4.74 Å². The molecule has 0 radical (unpaired) electrons. The molecule has 0 aromatic heterocycles. The molecule has 2 unspecified atom stereocenters. The first-order chi connectivity index (χ1) is 6.53. The molecule has 14 heavy (non-hydrogen) atoms. The molecule has 0 bridgehead atoms. The number of halogens is 1. The van der Waals surface area contributed by atoms with Gasteiger partial charge in [0, 0.05) is 4.83 Å². The summed E-state index contributed by atoms with van der Waals surface area (Å²) in [6.45, 7) is 6.63. The molecule has 0 N–H and O–H groups in total. The van der Waals surface area contributed by atoms with Gasteiger partial charge in [-0.25, -0.2) is 0 Å². The lowest BCUT2D eigenvalue weighted by Gasteiger charge is -2.19. The molecule has 0 saturated carbocycles. The van der Waals surface area contributed by atoms with Crippen LogP contribution in [0.5, 0.6) is 0 Å². The van der Waals surface area contributed by atoms with Crippen LogP contribution in [0.4, 0.5) is 0 Å². The highest BCUT2D eigenvalue weighted by atomic mass is 79.9. The Morgan fingerprint density at radius 1 is 1.50 bits per heavy atom. The van der Waals surface area contributed by atoms with Gasteiger partial charge in [0.25, 0.3) is 0 Å². The Morgan fingerprint density at radius 2 is 2.21 bits per heavy atom. The molecule has 1 heterocycles. The fraction of sp³-hybridized carbons (Fsp3) is 1.00. The molecule has 2 heteroatoms. The summed E-state index contributed by atoms with van der Waals surface area (Å²) >= 11 is 3.67. The Kier molecular flexibility index (Phi) is 4.92. The van der Waals surface area contributed by atoms with Gasteiger partial charge in [-0.2, -0.15) is 0 Å². The molecule has 1 aliphatic heterocycles. The quantitative estimate of drug-likeness (QED) is 0.672. The monoisotopic (exact) mass is 262 g/mol. The summed E-state index contributed by atoms with van der Waals surface area (Å²) in [5.41, 5.74) is 0.142. The molecule has 0 spiro atoms. The van der Waals surface area contributed by atoms with Crippen molar-refractivity contribution in [2.45, 2.75) is 75.8 Å². The number of rotatable bonds is 5. The molecule has 84 valence electrons. The molecule has 1 aliphatic rings. The molecule has 1 fully saturated rings. The van der Waals surface area contributed by atoms with Crippen molar-refractivity contribution in [3.8, 4) is 0 Å². The van der Waals surface area contributed by atoms with Gasteiger partial charge >= 0.3 is 0 Å². The first kappa shape index (κ1) is 12.5. The second-order valence-corrected chi connectivity index (χ2v) is 6.27. The van der Waals surface area contributed by atoms with Crippen LogP contribution in [-0.4, -0.2) is 16.5 Å². The highest BCUT2D eigenvalue weighted by Gasteiger charge is 2.30. The minimum Gasteiger partial charge on any atom is -0.372 e. The zero-order chi connectivity index (χ0) is 10.6. The van der Waals surface area contributed by atoms with E-state index in [4.69, 9.17) is 4.74 Å². The van der Waals surface area contributed by atoms with Crippen molar-refractivity contribution in [1.29, 1.82) is 0 Å². The van der Waals surface area contributed by atoms with Gasteiger partial charge in [-0.15, -0.1) is 0 Å². The van der Waals surface area contributed by atoms with E-state index in [-0.39, 0.29) is 5.60 Å². The predicted octanol–water partition coefficient (Wildman–Crippen LogP) is 4.29. The molecule has 2 atom stereocenters. The van der Waals surface area contributed by atoms with Gasteiger partial charge in [0.2, 0.25) is 0 Å². The number of ether oxygens (including phenoxy) is 1. The van der Waals surface area contributed by atoms with E-state index in [1.165, 1.54) is 38.5 Å². The van der Waals surface area contributed by atoms with Crippen molar-refractivity contribution in [3.63, 3.8) is 0 Å². The average molecular weight is 263 g/mol. The van der Waals surface area contributed by atoms with E-state index in [0.29, 0.717) is 10.9 Å². The van der Waals surface area contributed by atoms with Crippen molar-refractivity contribution in [2.24, 2.45) is 0 Å². The number of hydrogen-bond acceptors (Lipinski definition) is 1. The maximum atomic E-state index is 5.95. The lowest BCUT2D eigenvalue weighted by molar-refractivity contribution is -0.0190. The molecule has 1 nitrogen and oxygen atoms in total. The van der Waals surface area contributed by atoms with Gasteiger partial charge in [0.15, 0.2) is 0 Å². The molecule has 1 rings (SSSR count). The zero-order valence-electron chi connectivity index (χ0n) is 9.68. The maximum Gasteiger partial charge on any atom is 0.0631 e. The second kappa shape index (κ2) is 5.50. The van der Waals surface area contributed by atoms with E-state index in [1.54, 1.807) is 0 Å². The Bertz CT molecular complexity index is 168. The van der Waals surface area contributed by atoms with E-state index < -0.39 is 0 Å². The lowest BCUT2D eigenvalue weighted by atomic mass is 10.0. The largest absolute Gasteiger partial charge is 0.372 e. The molecular formula is C12H23BrO. The highest BCUT2D eigenvalue weighted by Crippen LogP contribution is 2.32. The maximum absolute atomic E-state index is 5.95. The Labute approximate surface area is 96.7 Å². The van der Waals surface area contributed by atoms with Gasteiger partial charge in [0.1, 0.15) is 0 Å². The summed E-state index contributed by atoms with van der Waals surface area (Å²) in [7, 11) is 0. The lowest BCUT2D eigenvalue weighted by Crippen LogP contribution is -2.19. The van der Waals surface area contributed by atoms with Crippen LogP contribution in [0.1, 0.15) is 59.3 Å². The molecule has 0 amide bonds. The van der Waals surface area contributed by atoms with Crippen molar-refractivity contribution in [2.75, 3.05) is 0 Å². The Morgan fingerprint density at radius 3 is 2.71 bits per heavy atom. The van der Waals surface area contributed by atoms with Crippen LogP contribution in [0.25, 0.3) is 0 Å². The fourth-order valence-electron chi connectivity index (χ4n) is 2.05. The van der Waals surface area contributed by atoms with Crippen LogP contribution in [0, 0.1) is 0 Å². The Hall–Kier alpha value is 0.440. The van der Waals surface area contributed by atoms with E-state index in [0.717, 1.165) is 0 Å². The predicted molar refractivity (Wildman–Crippen MR) is 65.0 cm³/mol. The van der Waals surface area contributed by atoms with Gasteiger partial charge in [-0.1, -0.05) is 22.9 Å². The third kappa shape index (κ3) is 4.31. The van der Waals surface area contributed by atoms with Crippen LogP contribution in [-0.2, 0) is 4.74 Å². The van der Waals surface area contributed by atoms with Crippen LogP contribution >= 0.6 is 15.9 Å². The highest BCUT2D eigenvalue weighted by molar-refractivity contribution is 9.09. The minimum atomic E-state index is 0.142. The third-order valence-corrected chi connectivity index (χ3v) is 4.15. The van der Waals surface area contributed by atoms with E-state index in [1.807, 2.05) is 0 Å². The van der Waals surface area contributed by atoms with Gasteiger partial charge in [-0.05, 0) is 52.4 Å². The summed E-state index contributed by atoms with van der Waals surface area (Å²) in [6, 6.07) is 0. The first-order valence-corrected chi connectivity index (χ1v) is 6.77. The number of hydrogen-bond donors (Lipinski definition) is 0. The average Bonchev–Trinajstić information content (AvgIpc) is 2.45.